The molecule has 0 bridgehead atoms. The number of pyridine rings is 1. The van der Waals surface area contributed by atoms with Crippen molar-refractivity contribution >= 4 is 33.6 Å². The molecule has 3 aromatic heterocycles. The van der Waals surface area contributed by atoms with Crippen LogP contribution < -0.4 is 10.9 Å². The minimum Gasteiger partial charge on any atom is -0.334 e. The molecule has 146 valence electrons. The summed E-state index contributed by atoms with van der Waals surface area (Å²) in [6.45, 7) is -0.266. The molecule has 3 heterocycles. The largest absolute Gasteiger partial charge is 0.334 e. The summed E-state index contributed by atoms with van der Waals surface area (Å²) >= 11 is 0. The molecule has 0 spiro atoms. The standard InChI is InChI=1S/C22H15N5O3/c28-18(24-20-17-11-6-12-23-21(17)30-26-20)13-27-22(29)16-10-5-4-9-15(16)19(25-27)14-7-2-1-3-8-14/h1-12H,13H2,(H,24,26,28). The van der Waals surface area contributed by atoms with Gasteiger partial charge in [0.1, 0.15) is 6.54 Å². The number of nitrogens with zero attached hydrogens (tertiary/aromatic N) is 4. The van der Waals surface area contributed by atoms with Crippen LogP contribution in [0.1, 0.15) is 0 Å². The van der Waals surface area contributed by atoms with E-state index in [1.54, 1.807) is 30.5 Å². The highest BCUT2D eigenvalue weighted by molar-refractivity contribution is 5.98. The van der Waals surface area contributed by atoms with Gasteiger partial charge in [0, 0.05) is 17.1 Å². The van der Waals surface area contributed by atoms with Crippen molar-refractivity contribution in [2.45, 2.75) is 6.54 Å². The van der Waals surface area contributed by atoms with Gasteiger partial charge in [0.05, 0.1) is 16.5 Å². The van der Waals surface area contributed by atoms with Crippen molar-refractivity contribution in [1.29, 1.82) is 0 Å². The van der Waals surface area contributed by atoms with E-state index < -0.39 is 5.91 Å². The number of anilines is 1. The highest BCUT2D eigenvalue weighted by Gasteiger charge is 2.16. The summed E-state index contributed by atoms with van der Waals surface area (Å²) in [6, 6.07) is 20.2. The minimum absolute atomic E-state index is 0.250. The van der Waals surface area contributed by atoms with Crippen molar-refractivity contribution < 1.29 is 9.32 Å². The monoisotopic (exact) mass is 397 g/mol. The Bertz CT molecular complexity index is 1440. The number of fused-ring (bicyclic) bond motifs is 2. The second-order valence-corrected chi connectivity index (χ2v) is 6.66. The Hall–Kier alpha value is -4.33. The fourth-order valence-electron chi connectivity index (χ4n) is 3.33. The maximum absolute atomic E-state index is 12.9. The lowest BCUT2D eigenvalue weighted by molar-refractivity contribution is -0.117. The molecule has 8 heteroatoms. The predicted molar refractivity (Wildman–Crippen MR) is 112 cm³/mol. The fourth-order valence-corrected chi connectivity index (χ4v) is 3.33. The number of nitrogens with one attached hydrogen (secondary N) is 1. The lowest BCUT2D eigenvalue weighted by atomic mass is 10.1. The van der Waals surface area contributed by atoms with Crippen molar-refractivity contribution in [2.75, 3.05) is 5.32 Å². The lowest BCUT2D eigenvalue weighted by Crippen LogP contribution is -2.30. The second-order valence-electron chi connectivity index (χ2n) is 6.66. The van der Waals surface area contributed by atoms with Gasteiger partial charge in [-0.25, -0.2) is 9.67 Å². The lowest BCUT2D eigenvalue weighted by Gasteiger charge is -2.11. The highest BCUT2D eigenvalue weighted by Crippen LogP contribution is 2.24. The van der Waals surface area contributed by atoms with E-state index in [-0.39, 0.29) is 17.9 Å². The molecule has 8 nitrogen and oxygen atoms in total. The minimum atomic E-state index is -0.446. The molecule has 0 atom stereocenters. The molecule has 0 aliphatic heterocycles. The first-order chi connectivity index (χ1) is 14.7. The Morgan fingerprint density at radius 2 is 1.67 bits per heavy atom. The van der Waals surface area contributed by atoms with Gasteiger partial charge in [-0.15, -0.1) is 0 Å². The van der Waals surface area contributed by atoms with Crippen molar-refractivity contribution in [3.63, 3.8) is 0 Å². The van der Waals surface area contributed by atoms with Gasteiger partial charge in [-0.1, -0.05) is 53.7 Å². The van der Waals surface area contributed by atoms with Gasteiger partial charge in [-0.3, -0.25) is 9.59 Å². The summed E-state index contributed by atoms with van der Waals surface area (Å²) in [5.74, 6) is -0.196. The number of amides is 1. The first kappa shape index (κ1) is 17.7. The zero-order valence-corrected chi connectivity index (χ0v) is 15.6. The Kier molecular flexibility index (Phi) is 4.29. The van der Waals surface area contributed by atoms with Crippen LogP contribution in [0.2, 0.25) is 0 Å². The van der Waals surface area contributed by atoms with Crippen LogP contribution >= 0.6 is 0 Å². The summed E-state index contributed by atoms with van der Waals surface area (Å²) in [5, 5.41) is 12.8. The predicted octanol–water partition coefficient (Wildman–Crippen LogP) is 3.24. The normalized spacial score (nSPS) is 11.1. The van der Waals surface area contributed by atoms with Crippen molar-refractivity contribution in [3.8, 4) is 11.3 Å². The first-order valence-corrected chi connectivity index (χ1v) is 9.26. The Morgan fingerprint density at radius 1 is 0.933 bits per heavy atom. The van der Waals surface area contributed by atoms with E-state index in [4.69, 9.17) is 4.52 Å². The number of carbonyl (C=O) groups is 1. The number of carbonyl (C=O) groups excluding carboxylic acids is 1. The van der Waals surface area contributed by atoms with E-state index >= 15 is 0 Å². The summed E-state index contributed by atoms with van der Waals surface area (Å²) in [7, 11) is 0. The summed E-state index contributed by atoms with van der Waals surface area (Å²) in [5.41, 5.74) is 1.47. The van der Waals surface area contributed by atoms with Crippen LogP contribution in [0.3, 0.4) is 0 Å². The fraction of sp³-hybridized carbons (Fsp3) is 0.0455. The molecule has 1 N–H and O–H groups in total. The molecule has 30 heavy (non-hydrogen) atoms. The van der Waals surface area contributed by atoms with E-state index in [9.17, 15) is 9.59 Å². The van der Waals surface area contributed by atoms with Crippen LogP contribution in [0.5, 0.6) is 0 Å². The molecule has 0 fully saturated rings. The van der Waals surface area contributed by atoms with Gasteiger partial charge >= 0.3 is 0 Å². The third-order valence-corrected chi connectivity index (χ3v) is 4.72. The molecule has 0 aliphatic rings. The van der Waals surface area contributed by atoms with Gasteiger partial charge in [0.2, 0.25) is 5.91 Å². The number of hydrogen-bond donors (Lipinski definition) is 1. The molecule has 0 aliphatic carbocycles. The van der Waals surface area contributed by atoms with Gasteiger partial charge in [0.15, 0.2) is 5.82 Å². The SMILES string of the molecule is O=C(Cn1nc(-c2ccccc2)c2ccccc2c1=O)Nc1noc2ncccc12. The quantitative estimate of drug-likeness (QED) is 0.499. The van der Waals surface area contributed by atoms with Crippen LogP contribution in [-0.4, -0.2) is 25.8 Å². The maximum atomic E-state index is 12.9. The molecule has 0 saturated heterocycles. The first-order valence-electron chi connectivity index (χ1n) is 9.26. The molecule has 1 amide bonds. The molecule has 0 radical (unpaired) electrons. The third kappa shape index (κ3) is 3.10. The molecule has 5 aromatic rings. The maximum Gasteiger partial charge on any atom is 0.275 e. The Balaban J connectivity index is 1.53. The van der Waals surface area contributed by atoms with Crippen LogP contribution in [0, 0.1) is 0 Å². The number of hydrogen-bond acceptors (Lipinski definition) is 6. The Labute approximate surface area is 169 Å². The number of aromatic nitrogens is 4. The van der Waals surface area contributed by atoms with E-state index in [2.05, 4.69) is 20.6 Å². The topological polar surface area (TPSA) is 103 Å². The van der Waals surface area contributed by atoms with E-state index in [0.29, 0.717) is 22.2 Å². The van der Waals surface area contributed by atoms with Crippen molar-refractivity contribution in [1.82, 2.24) is 19.9 Å². The third-order valence-electron chi connectivity index (χ3n) is 4.72. The molecular formula is C22H15N5O3. The van der Waals surface area contributed by atoms with Crippen LogP contribution in [0.4, 0.5) is 5.82 Å². The van der Waals surface area contributed by atoms with Gasteiger partial charge in [0.25, 0.3) is 11.3 Å². The zero-order valence-electron chi connectivity index (χ0n) is 15.6. The number of benzene rings is 2. The van der Waals surface area contributed by atoms with Gasteiger partial charge in [-0.2, -0.15) is 5.10 Å². The summed E-state index contributed by atoms with van der Waals surface area (Å²) in [6.07, 6.45) is 1.57. The van der Waals surface area contributed by atoms with Crippen LogP contribution in [0.25, 0.3) is 33.1 Å². The molecule has 0 unspecified atom stereocenters. The van der Waals surface area contributed by atoms with Crippen LogP contribution in [-0.2, 0) is 11.3 Å². The van der Waals surface area contributed by atoms with E-state index in [0.717, 1.165) is 10.9 Å². The molecule has 5 rings (SSSR count). The van der Waals surface area contributed by atoms with Gasteiger partial charge < -0.3 is 9.84 Å². The van der Waals surface area contributed by atoms with Gasteiger partial charge in [-0.05, 0) is 18.2 Å². The average Bonchev–Trinajstić information content (AvgIpc) is 3.19. The Morgan fingerprint density at radius 3 is 2.50 bits per heavy atom. The highest BCUT2D eigenvalue weighted by atomic mass is 16.5. The number of rotatable bonds is 4. The second kappa shape index (κ2) is 7.25. The molecular weight excluding hydrogens is 382 g/mol. The summed E-state index contributed by atoms with van der Waals surface area (Å²) < 4.78 is 6.27. The van der Waals surface area contributed by atoms with Crippen LogP contribution in [0.15, 0.2) is 82.2 Å². The van der Waals surface area contributed by atoms with E-state index in [1.165, 1.54) is 4.68 Å². The molecule has 0 saturated carbocycles. The van der Waals surface area contributed by atoms with Crippen molar-refractivity contribution in [2.24, 2.45) is 0 Å². The van der Waals surface area contributed by atoms with Crippen molar-refractivity contribution in [3.05, 3.63) is 83.3 Å². The van der Waals surface area contributed by atoms with E-state index in [1.807, 2.05) is 42.5 Å². The molecule has 2 aromatic carbocycles. The summed E-state index contributed by atoms with van der Waals surface area (Å²) in [4.78, 5) is 29.6. The average molecular weight is 397 g/mol. The smallest absolute Gasteiger partial charge is 0.275 e. The zero-order chi connectivity index (χ0) is 20.5.